The Labute approximate surface area is 172 Å². The van der Waals surface area contributed by atoms with Gasteiger partial charge in [-0.15, -0.1) is 0 Å². The van der Waals surface area contributed by atoms with Crippen molar-refractivity contribution in [2.45, 2.75) is 23.2 Å². The molecule has 0 heterocycles. The molecule has 0 amide bonds. The molecule has 30 heavy (non-hydrogen) atoms. The van der Waals surface area contributed by atoms with Crippen molar-refractivity contribution in [1.82, 2.24) is 0 Å². The summed E-state index contributed by atoms with van der Waals surface area (Å²) in [5, 5.41) is 9.02. The molecule has 0 saturated heterocycles. The number of benzene rings is 3. The molecule has 0 spiro atoms. The summed E-state index contributed by atoms with van der Waals surface area (Å²) in [6.45, 7) is 1.79. The van der Waals surface area contributed by atoms with Crippen molar-refractivity contribution in [2.24, 2.45) is 0 Å². The van der Waals surface area contributed by atoms with Crippen molar-refractivity contribution in [2.75, 3.05) is 7.11 Å². The number of phenolic OH excluding ortho intramolecular Hbond substituents is 1. The van der Waals surface area contributed by atoms with Crippen LogP contribution in [-0.2, 0) is 16.0 Å². The molecule has 0 aliphatic rings. The summed E-state index contributed by atoms with van der Waals surface area (Å²) in [5.41, 5.74) is -0.344. The minimum absolute atomic E-state index is 0.0172. The van der Waals surface area contributed by atoms with Crippen LogP contribution < -0.4 is 4.74 Å². The number of hydrogen-bond donors (Lipinski definition) is 1. The van der Waals surface area contributed by atoms with E-state index in [1.165, 1.54) is 43.5 Å². The zero-order valence-corrected chi connectivity index (χ0v) is 17.0. The number of phenols is 1. The number of alkyl halides is 3. The lowest BCUT2D eigenvalue weighted by Gasteiger charge is -2.22. The second-order valence-electron chi connectivity index (χ2n) is 6.76. The number of aryl methyl sites for hydroxylation is 1. The van der Waals surface area contributed by atoms with Crippen LogP contribution in [0, 0.1) is 6.92 Å². The van der Waals surface area contributed by atoms with E-state index in [2.05, 4.69) is 0 Å². The fraction of sp³-hybridized carbons (Fsp3) is 0.182. The molecule has 0 bridgehead atoms. The van der Waals surface area contributed by atoms with E-state index in [4.69, 9.17) is 4.74 Å². The largest absolute Gasteiger partial charge is 0.504 e. The second-order valence-corrected chi connectivity index (χ2v) is 8.79. The fourth-order valence-corrected chi connectivity index (χ4v) is 5.00. The van der Waals surface area contributed by atoms with Crippen molar-refractivity contribution < 1.29 is 31.4 Å². The summed E-state index contributed by atoms with van der Waals surface area (Å²) in [5.74, 6) is -0.429. The van der Waals surface area contributed by atoms with Crippen molar-refractivity contribution in [3.8, 4) is 11.5 Å². The topological polar surface area (TPSA) is 63.6 Å². The van der Waals surface area contributed by atoms with Gasteiger partial charge < -0.3 is 9.84 Å². The van der Waals surface area contributed by atoms with Crippen molar-refractivity contribution >= 4 is 9.84 Å². The molecule has 1 N–H and O–H groups in total. The van der Waals surface area contributed by atoms with Crippen molar-refractivity contribution in [3.63, 3.8) is 0 Å². The van der Waals surface area contributed by atoms with Gasteiger partial charge in [0.1, 0.15) is 5.25 Å². The standard InChI is InChI=1S/C22H19F3O4S/c1-14-9-11-17(12-10-14)30(27,28)21(18-7-4-8-19(29-2)20(18)26)15-5-3-6-16(13-15)22(23,24)25/h3-13,21,26H,1-2H3. The highest BCUT2D eigenvalue weighted by atomic mass is 32.2. The summed E-state index contributed by atoms with van der Waals surface area (Å²) >= 11 is 0. The minimum Gasteiger partial charge on any atom is -0.504 e. The molecule has 3 aromatic rings. The van der Waals surface area contributed by atoms with Crippen molar-refractivity contribution in [3.05, 3.63) is 89.0 Å². The monoisotopic (exact) mass is 436 g/mol. The molecule has 3 rings (SSSR count). The van der Waals surface area contributed by atoms with Gasteiger partial charge in [0.25, 0.3) is 0 Å². The van der Waals surface area contributed by atoms with Crippen LogP contribution in [0.1, 0.15) is 27.5 Å². The average Bonchev–Trinajstić information content (AvgIpc) is 2.69. The van der Waals surface area contributed by atoms with Gasteiger partial charge in [-0.1, -0.05) is 48.0 Å². The summed E-state index contributed by atoms with van der Waals surface area (Å²) in [6.07, 6.45) is -4.65. The van der Waals surface area contributed by atoms with E-state index >= 15 is 0 Å². The van der Waals surface area contributed by atoms with E-state index in [1.807, 2.05) is 0 Å². The van der Waals surface area contributed by atoms with Gasteiger partial charge in [-0.3, -0.25) is 0 Å². The lowest BCUT2D eigenvalue weighted by molar-refractivity contribution is -0.137. The molecular formula is C22H19F3O4S. The Balaban J connectivity index is 2.29. The smallest absolute Gasteiger partial charge is 0.416 e. The number of sulfone groups is 1. The van der Waals surface area contributed by atoms with E-state index in [0.29, 0.717) is 0 Å². The van der Waals surface area contributed by atoms with Gasteiger partial charge in [0, 0.05) is 5.56 Å². The molecule has 1 unspecified atom stereocenters. The van der Waals surface area contributed by atoms with E-state index in [-0.39, 0.29) is 21.8 Å². The summed E-state index contributed by atoms with van der Waals surface area (Å²) < 4.78 is 71.9. The molecule has 4 nitrogen and oxygen atoms in total. The fourth-order valence-electron chi connectivity index (χ4n) is 3.18. The average molecular weight is 436 g/mol. The predicted molar refractivity (Wildman–Crippen MR) is 106 cm³/mol. The Morgan fingerprint density at radius 3 is 2.20 bits per heavy atom. The van der Waals surface area contributed by atoms with E-state index < -0.39 is 32.6 Å². The molecule has 8 heteroatoms. The normalized spacial score (nSPS) is 13.1. The van der Waals surface area contributed by atoms with Crippen LogP contribution in [0.3, 0.4) is 0 Å². The maximum absolute atomic E-state index is 13.5. The van der Waals surface area contributed by atoms with Gasteiger partial charge >= 0.3 is 6.18 Å². The summed E-state index contributed by atoms with van der Waals surface area (Å²) in [7, 11) is -2.92. The third kappa shape index (κ3) is 4.14. The zero-order chi connectivity index (χ0) is 22.1. The Hall–Kier alpha value is -3.00. The van der Waals surface area contributed by atoms with Gasteiger partial charge in [-0.2, -0.15) is 13.2 Å². The number of methoxy groups -OCH3 is 1. The molecular weight excluding hydrogens is 417 g/mol. The molecule has 0 fully saturated rings. The maximum atomic E-state index is 13.5. The molecule has 1 atom stereocenters. The molecule has 158 valence electrons. The van der Waals surface area contributed by atoms with Crippen LogP contribution in [0.4, 0.5) is 13.2 Å². The van der Waals surface area contributed by atoms with Crippen LogP contribution >= 0.6 is 0 Å². The maximum Gasteiger partial charge on any atom is 0.416 e. The Kier molecular flexibility index (Phi) is 5.81. The van der Waals surface area contributed by atoms with Crippen LogP contribution in [0.25, 0.3) is 0 Å². The van der Waals surface area contributed by atoms with Crippen molar-refractivity contribution in [1.29, 1.82) is 0 Å². The highest BCUT2D eigenvalue weighted by molar-refractivity contribution is 7.92. The molecule has 0 saturated carbocycles. The van der Waals surface area contributed by atoms with Crippen LogP contribution in [0.5, 0.6) is 11.5 Å². The van der Waals surface area contributed by atoms with Gasteiger partial charge in [0.05, 0.1) is 17.6 Å². The Bertz CT molecular complexity index is 1150. The van der Waals surface area contributed by atoms with E-state index in [0.717, 1.165) is 23.8 Å². The first-order chi connectivity index (χ1) is 14.1. The second kappa shape index (κ2) is 8.02. The first-order valence-electron chi connectivity index (χ1n) is 8.89. The first-order valence-corrected chi connectivity index (χ1v) is 10.4. The Morgan fingerprint density at radius 1 is 0.967 bits per heavy atom. The lowest BCUT2D eigenvalue weighted by atomic mass is 10.0. The van der Waals surface area contributed by atoms with Crippen LogP contribution in [0.15, 0.2) is 71.6 Å². The highest BCUT2D eigenvalue weighted by Crippen LogP contribution is 2.43. The van der Waals surface area contributed by atoms with E-state index in [1.54, 1.807) is 19.1 Å². The van der Waals surface area contributed by atoms with Gasteiger partial charge in [-0.25, -0.2) is 8.42 Å². The van der Waals surface area contributed by atoms with Gasteiger partial charge in [0.2, 0.25) is 0 Å². The van der Waals surface area contributed by atoms with Gasteiger partial charge in [0.15, 0.2) is 21.3 Å². The predicted octanol–water partition coefficient (Wildman–Crippen LogP) is 5.29. The zero-order valence-electron chi connectivity index (χ0n) is 16.1. The third-order valence-corrected chi connectivity index (χ3v) is 6.79. The summed E-state index contributed by atoms with van der Waals surface area (Å²) in [4.78, 5) is -0.0715. The van der Waals surface area contributed by atoms with E-state index in [9.17, 15) is 26.7 Å². The third-order valence-electron chi connectivity index (χ3n) is 4.71. The molecule has 0 aliphatic carbocycles. The minimum atomic E-state index is -4.65. The van der Waals surface area contributed by atoms with Gasteiger partial charge in [-0.05, 0) is 36.8 Å². The first kappa shape index (κ1) is 21.7. The van der Waals surface area contributed by atoms with Crippen LogP contribution in [-0.4, -0.2) is 20.6 Å². The number of hydrogen-bond acceptors (Lipinski definition) is 4. The molecule has 0 radical (unpaired) electrons. The molecule has 3 aromatic carbocycles. The number of para-hydroxylation sites is 1. The highest BCUT2D eigenvalue weighted by Gasteiger charge is 2.36. The number of halogens is 3. The molecule has 0 aliphatic heterocycles. The molecule has 0 aromatic heterocycles. The van der Waals surface area contributed by atoms with Crippen LogP contribution in [0.2, 0.25) is 0 Å². The number of rotatable bonds is 5. The summed E-state index contributed by atoms with van der Waals surface area (Å²) in [6, 6.07) is 14.3. The number of aromatic hydroxyl groups is 1. The SMILES string of the molecule is COc1cccc(C(c2cccc(C(F)(F)F)c2)S(=O)(=O)c2ccc(C)cc2)c1O. The number of ether oxygens (including phenoxy) is 1. The quantitative estimate of drug-likeness (QED) is 0.590. The Morgan fingerprint density at radius 2 is 1.60 bits per heavy atom. The lowest BCUT2D eigenvalue weighted by Crippen LogP contribution is -2.17.